The number of nitrogens with zero attached hydrogens (tertiary/aromatic N) is 1. The number of ether oxygens (including phenoxy) is 1. The second-order valence-corrected chi connectivity index (χ2v) is 6.99. The largest absolute Gasteiger partial charge is 0.497 e. The molecule has 0 aliphatic carbocycles. The fraction of sp³-hybridized carbons (Fsp3) is 0.200. The van der Waals surface area contributed by atoms with Crippen LogP contribution in [0, 0.1) is 0 Å². The van der Waals surface area contributed by atoms with Gasteiger partial charge in [0.25, 0.3) is 11.5 Å². The fourth-order valence-electron chi connectivity index (χ4n) is 2.58. The number of rotatable bonds is 8. The molecule has 0 aliphatic rings. The number of carbonyl (C=O) groups is 2. The van der Waals surface area contributed by atoms with E-state index in [4.69, 9.17) is 4.74 Å². The minimum atomic E-state index is -0.545. The molecule has 0 saturated carbocycles. The average Bonchev–Trinajstić information content (AvgIpc) is 3.15. The number of pyridine rings is 1. The van der Waals surface area contributed by atoms with Crippen LogP contribution in [0.2, 0.25) is 0 Å². The quantitative estimate of drug-likeness (QED) is 0.524. The second kappa shape index (κ2) is 9.65. The second-order valence-electron chi connectivity index (χ2n) is 6.14. The van der Waals surface area contributed by atoms with Crippen molar-refractivity contribution in [2.24, 2.45) is 0 Å². The van der Waals surface area contributed by atoms with Gasteiger partial charge < -0.3 is 15.0 Å². The van der Waals surface area contributed by atoms with Crippen molar-refractivity contribution in [2.75, 3.05) is 19.0 Å². The normalized spacial score (nSPS) is 10.4. The first-order chi connectivity index (χ1) is 14.0. The van der Waals surface area contributed by atoms with Crippen molar-refractivity contribution in [3.8, 4) is 5.75 Å². The lowest BCUT2D eigenvalue weighted by molar-refractivity contribution is -0.120. The zero-order chi connectivity index (χ0) is 20.6. The lowest BCUT2D eigenvalue weighted by Gasteiger charge is -2.05. The Bertz CT molecular complexity index is 1040. The van der Waals surface area contributed by atoms with Crippen LogP contribution in [0.3, 0.4) is 0 Å². The van der Waals surface area contributed by atoms with Gasteiger partial charge in [0.2, 0.25) is 5.91 Å². The number of carbonyl (C=O) groups excluding carboxylic acids is 2. The van der Waals surface area contributed by atoms with E-state index in [1.807, 2.05) is 24.3 Å². The van der Waals surface area contributed by atoms with E-state index in [1.54, 1.807) is 18.6 Å². The molecule has 9 heteroatoms. The highest BCUT2D eigenvalue weighted by Gasteiger charge is 2.13. The number of aromatic nitrogens is 2. The summed E-state index contributed by atoms with van der Waals surface area (Å²) in [5.74, 6) is 0.0963. The SMILES string of the molecule is COc1ccc(CCNC(=O)Cc2csc(NC(=O)c3ccc[nH]c3=O)n2)cc1. The summed E-state index contributed by atoms with van der Waals surface area (Å²) < 4.78 is 5.12. The maximum absolute atomic E-state index is 12.1. The first kappa shape index (κ1) is 20.3. The molecule has 2 aromatic heterocycles. The molecule has 0 radical (unpaired) electrons. The monoisotopic (exact) mass is 412 g/mol. The molecular weight excluding hydrogens is 392 g/mol. The molecule has 2 amide bonds. The fourth-order valence-corrected chi connectivity index (χ4v) is 3.28. The maximum atomic E-state index is 12.1. The van der Waals surface area contributed by atoms with Crippen molar-refractivity contribution in [3.05, 3.63) is 75.1 Å². The number of anilines is 1. The number of methoxy groups -OCH3 is 1. The van der Waals surface area contributed by atoms with Gasteiger partial charge in [-0.05, 0) is 36.2 Å². The average molecular weight is 412 g/mol. The molecule has 2 heterocycles. The van der Waals surface area contributed by atoms with Crippen molar-refractivity contribution in [3.63, 3.8) is 0 Å². The summed E-state index contributed by atoms with van der Waals surface area (Å²) in [6.45, 7) is 0.510. The number of benzene rings is 1. The van der Waals surface area contributed by atoms with E-state index in [0.29, 0.717) is 23.8 Å². The molecule has 0 unspecified atom stereocenters. The van der Waals surface area contributed by atoms with E-state index in [9.17, 15) is 14.4 Å². The highest BCUT2D eigenvalue weighted by Crippen LogP contribution is 2.16. The number of hydrogen-bond donors (Lipinski definition) is 3. The van der Waals surface area contributed by atoms with Crippen molar-refractivity contribution >= 4 is 28.3 Å². The minimum Gasteiger partial charge on any atom is -0.497 e. The number of H-pyrrole nitrogens is 1. The Hall–Kier alpha value is -3.46. The Kier molecular flexibility index (Phi) is 6.75. The number of hydrogen-bond acceptors (Lipinski definition) is 6. The molecular formula is C20H20N4O4S. The third-order valence-electron chi connectivity index (χ3n) is 4.07. The van der Waals surface area contributed by atoms with Gasteiger partial charge in [-0.2, -0.15) is 0 Å². The number of aromatic amines is 1. The molecule has 1 aromatic carbocycles. The van der Waals surface area contributed by atoms with Crippen LogP contribution in [0.5, 0.6) is 5.75 Å². The van der Waals surface area contributed by atoms with Gasteiger partial charge in [0, 0.05) is 18.1 Å². The lowest BCUT2D eigenvalue weighted by atomic mass is 10.1. The van der Waals surface area contributed by atoms with E-state index >= 15 is 0 Å². The van der Waals surface area contributed by atoms with E-state index < -0.39 is 11.5 Å². The predicted octanol–water partition coefficient (Wildman–Crippen LogP) is 1.99. The molecule has 3 aromatic rings. The topological polar surface area (TPSA) is 113 Å². The summed E-state index contributed by atoms with van der Waals surface area (Å²) in [6, 6.07) is 10.7. The Morgan fingerprint density at radius 1 is 1.21 bits per heavy atom. The van der Waals surface area contributed by atoms with Crippen LogP contribution in [0.15, 0.2) is 52.8 Å². The molecule has 8 nitrogen and oxygen atoms in total. The van der Waals surface area contributed by atoms with Crippen molar-refractivity contribution < 1.29 is 14.3 Å². The van der Waals surface area contributed by atoms with Gasteiger partial charge in [0.05, 0.1) is 19.2 Å². The predicted molar refractivity (Wildman–Crippen MR) is 111 cm³/mol. The van der Waals surface area contributed by atoms with Crippen LogP contribution < -0.4 is 20.9 Å². The zero-order valence-corrected chi connectivity index (χ0v) is 16.5. The summed E-state index contributed by atoms with van der Waals surface area (Å²) in [4.78, 5) is 42.5. The maximum Gasteiger partial charge on any atom is 0.263 e. The Labute approximate surface area is 171 Å². The highest BCUT2D eigenvalue weighted by atomic mass is 32.1. The number of amides is 2. The van der Waals surface area contributed by atoms with Gasteiger partial charge in [-0.25, -0.2) is 4.98 Å². The third kappa shape index (κ3) is 5.76. The molecule has 3 rings (SSSR count). The standard InChI is InChI=1S/C20H20N4O4S/c1-28-15-6-4-13(5-7-15)8-10-21-17(25)11-14-12-29-20(23-14)24-19(27)16-3-2-9-22-18(16)26/h2-7,9,12H,8,10-11H2,1H3,(H,21,25)(H,22,26)(H,23,24,27). The number of thiazole rings is 1. The zero-order valence-electron chi connectivity index (χ0n) is 15.7. The summed E-state index contributed by atoms with van der Waals surface area (Å²) in [6.07, 6.45) is 2.27. The van der Waals surface area contributed by atoms with Crippen molar-refractivity contribution in [1.82, 2.24) is 15.3 Å². The molecule has 3 N–H and O–H groups in total. The van der Waals surface area contributed by atoms with Gasteiger partial charge in [0.1, 0.15) is 11.3 Å². The highest BCUT2D eigenvalue weighted by molar-refractivity contribution is 7.14. The molecule has 0 aliphatic heterocycles. The summed E-state index contributed by atoms with van der Waals surface area (Å²) in [5.41, 5.74) is 1.17. The van der Waals surface area contributed by atoms with E-state index in [0.717, 1.165) is 11.3 Å². The van der Waals surface area contributed by atoms with Crippen LogP contribution in [0.4, 0.5) is 5.13 Å². The lowest BCUT2D eigenvalue weighted by Crippen LogP contribution is -2.27. The van der Waals surface area contributed by atoms with Gasteiger partial charge >= 0.3 is 0 Å². The van der Waals surface area contributed by atoms with E-state index in [2.05, 4.69) is 20.6 Å². The molecule has 150 valence electrons. The van der Waals surface area contributed by atoms with Crippen molar-refractivity contribution in [2.45, 2.75) is 12.8 Å². The Balaban J connectivity index is 1.46. The molecule has 0 atom stereocenters. The van der Waals surface area contributed by atoms with E-state index in [-0.39, 0.29) is 17.9 Å². The first-order valence-electron chi connectivity index (χ1n) is 8.88. The first-order valence-corrected chi connectivity index (χ1v) is 9.76. The molecule has 0 saturated heterocycles. The van der Waals surface area contributed by atoms with E-state index in [1.165, 1.54) is 23.6 Å². The summed E-state index contributed by atoms with van der Waals surface area (Å²) in [5, 5.41) is 7.46. The number of nitrogens with one attached hydrogen (secondary N) is 3. The van der Waals surface area contributed by atoms with Gasteiger partial charge in [-0.3, -0.25) is 19.7 Å². The summed E-state index contributed by atoms with van der Waals surface area (Å²) >= 11 is 1.20. The third-order valence-corrected chi connectivity index (χ3v) is 4.88. The van der Waals surface area contributed by atoms with Gasteiger partial charge in [0.15, 0.2) is 5.13 Å². The van der Waals surface area contributed by atoms with Crippen LogP contribution in [0.25, 0.3) is 0 Å². The van der Waals surface area contributed by atoms with Crippen LogP contribution in [-0.4, -0.2) is 35.4 Å². The minimum absolute atomic E-state index is 0.000486. The summed E-state index contributed by atoms with van der Waals surface area (Å²) in [7, 11) is 1.62. The van der Waals surface area contributed by atoms with Gasteiger partial charge in [-0.15, -0.1) is 11.3 Å². The smallest absolute Gasteiger partial charge is 0.263 e. The Morgan fingerprint density at radius 2 is 2.00 bits per heavy atom. The van der Waals surface area contributed by atoms with Gasteiger partial charge in [-0.1, -0.05) is 12.1 Å². The van der Waals surface area contributed by atoms with Crippen LogP contribution in [-0.2, 0) is 17.6 Å². The van der Waals surface area contributed by atoms with Crippen LogP contribution >= 0.6 is 11.3 Å². The van der Waals surface area contributed by atoms with Crippen molar-refractivity contribution in [1.29, 1.82) is 0 Å². The molecule has 29 heavy (non-hydrogen) atoms. The molecule has 0 spiro atoms. The van der Waals surface area contributed by atoms with Crippen LogP contribution in [0.1, 0.15) is 21.6 Å². The molecule has 0 fully saturated rings. The Morgan fingerprint density at radius 3 is 2.72 bits per heavy atom. The molecule has 0 bridgehead atoms.